The van der Waals surface area contributed by atoms with E-state index in [9.17, 15) is 39.0 Å². The van der Waals surface area contributed by atoms with Crippen molar-refractivity contribution in [1.29, 1.82) is 0 Å². The van der Waals surface area contributed by atoms with Gasteiger partial charge in [-0.15, -0.1) is 0 Å². The molecule has 0 saturated heterocycles. The quantitative estimate of drug-likeness (QED) is 0.225. The number of amides is 1. The van der Waals surface area contributed by atoms with E-state index in [1.165, 1.54) is 12.0 Å². The number of rotatable bonds is 8. The minimum absolute atomic E-state index is 0.0183. The van der Waals surface area contributed by atoms with Crippen molar-refractivity contribution in [3.05, 3.63) is 58.1 Å². The molecule has 2 saturated carbocycles. The number of aromatic hydroxyl groups is 1. The van der Waals surface area contributed by atoms with Crippen LogP contribution in [0.5, 0.6) is 5.75 Å². The van der Waals surface area contributed by atoms with Gasteiger partial charge in [-0.3, -0.25) is 28.9 Å². The molecule has 0 radical (unpaired) electrons. The second kappa shape index (κ2) is 12.0. The number of nitrogens with one attached hydrogen (secondary N) is 1. The van der Waals surface area contributed by atoms with E-state index in [4.69, 9.17) is 10.5 Å². The molecule has 4 unspecified atom stereocenters. The van der Waals surface area contributed by atoms with Gasteiger partial charge in [0.15, 0.2) is 34.7 Å². The van der Waals surface area contributed by atoms with Gasteiger partial charge in [0.2, 0.25) is 5.91 Å². The van der Waals surface area contributed by atoms with E-state index in [1.807, 2.05) is 0 Å². The van der Waals surface area contributed by atoms with Crippen molar-refractivity contribution in [3.8, 4) is 5.75 Å². The van der Waals surface area contributed by atoms with Crippen molar-refractivity contribution in [2.75, 3.05) is 40.2 Å². The molecule has 6 atom stereocenters. The number of anilines is 1. The highest BCUT2D eigenvalue weighted by molar-refractivity contribution is 6.32. The van der Waals surface area contributed by atoms with Gasteiger partial charge in [0.25, 0.3) is 0 Å². The third kappa shape index (κ3) is 5.08. The summed E-state index contributed by atoms with van der Waals surface area (Å²) in [6.07, 6.45) is 0.156. The third-order valence-corrected chi connectivity index (χ3v) is 9.62. The van der Waals surface area contributed by atoms with Crippen LogP contribution in [0.25, 0.3) is 0 Å². The highest BCUT2D eigenvalue weighted by atomic mass is 16.5. The zero-order valence-corrected chi connectivity index (χ0v) is 26.3. The number of nitrogens with two attached hydrogens (primary N) is 1. The normalized spacial score (nSPS) is 27.2. The van der Waals surface area contributed by atoms with Crippen LogP contribution in [0.1, 0.15) is 43.8 Å². The maximum Gasteiger partial charge on any atom is 0.337 e. The van der Waals surface area contributed by atoms with E-state index in [2.05, 4.69) is 5.32 Å². The average molecular weight is 635 g/mol. The summed E-state index contributed by atoms with van der Waals surface area (Å²) in [4.78, 5) is 82.3. The number of primary amides is 1. The molecule has 13 heteroatoms. The number of ether oxygens (including phenoxy) is 1. The van der Waals surface area contributed by atoms with Crippen LogP contribution in [0, 0.1) is 23.7 Å². The van der Waals surface area contributed by atoms with Crippen molar-refractivity contribution in [2.24, 2.45) is 29.4 Å². The van der Waals surface area contributed by atoms with Gasteiger partial charge in [-0.1, -0.05) is 12.1 Å². The molecule has 0 bridgehead atoms. The highest BCUT2D eigenvalue weighted by Crippen LogP contribution is 2.52. The van der Waals surface area contributed by atoms with E-state index in [0.29, 0.717) is 28.9 Å². The number of benzene rings is 2. The Labute approximate surface area is 265 Å². The molecule has 3 aliphatic rings. The van der Waals surface area contributed by atoms with Gasteiger partial charge >= 0.3 is 5.97 Å². The van der Waals surface area contributed by atoms with Crippen LogP contribution in [-0.2, 0) is 43.4 Å². The zero-order valence-electron chi connectivity index (χ0n) is 26.3. The molecule has 5 N–H and O–H groups in total. The molecule has 46 heavy (non-hydrogen) atoms. The summed E-state index contributed by atoms with van der Waals surface area (Å²) < 4.78 is 4.72. The minimum Gasteiger partial charge on any atom is -0.507 e. The fourth-order valence-corrected chi connectivity index (χ4v) is 7.46. The summed E-state index contributed by atoms with van der Waals surface area (Å²) in [5, 5.41) is 26.5. The fraction of sp³-hybridized carbons (Fsp3) is 0.455. The number of carbonyl (C=O) groups excluding carboxylic acids is 6. The molecule has 2 fully saturated rings. The Morgan fingerprint density at radius 2 is 1.70 bits per heavy atom. The molecule has 2 aromatic carbocycles. The first kappa shape index (κ1) is 32.9. The lowest BCUT2D eigenvalue weighted by Crippen LogP contribution is -2.74. The fourth-order valence-electron chi connectivity index (χ4n) is 7.46. The van der Waals surface area contributed by atoms with E-state index < -0.39 is 70.3 Å². The van der Waals surface area contributed by atoms with Crippen molar-refractivity contribution < 1.29 is 43.7 Å². The molecule has 0 aromatic heterocycles. The lowest BCUT2D eigenvalue weighted by Gasteiger charge is -2.52. The number of fused-ring (bicyclic) bond motifs is 3. The summed E-state index contributed by atoms with van der Waals surface area (Å²) >= 11 is 0. The van der Waals surface area contributed by atoms with Gasteiger partial charge in [-0.2, -0.15) is 0 Å². The van der Waals surface area contributed by atoms with Crippen LogP contribution in [0.15, 0.2) is 30.3 Å². The number of Topliss-reactive ketones (excluding diaryl/α,β-unsaturated/α-hetero) is 4. The average Bonchev–Trinajstić information content (AvgIpc) is 2.99. The minimum atomic E-state index is -2.78. The van der Waals surface area contributed by atoms with E-state index >= 15 is 0 Å². The Morgan fingerprint density at radius 1 is 1.04 bits per heavy atom. The van der Waals surface area contributed by atoms with Crippen LogP contribution in [0.3, 0.4) is 0 Å². The van der Waals surface area contributed by atoms with Gasteiger partial charge < -0.3 is 30.9 Å². The first-order valence-electron chi connectivity index (χ1n) is 14.9. The van der Waals surface area contributed by atoms with Crippen molar-refractivity contribution in [3.63, 3.8) is 0 Å². The monoisotopic (exact) mass is 634 g/mol. The smallest absolute Gasteiger partial charge is 0.337 e. The predicted octanol–water partition coefficient (Wildman–Crippen LogP) is 0.00940. The van der Waals surface area contributed by atoms with Crippen LogP contribution in [0.2, 0.25) is 0 Å². The predicted molar refractivity (Wildman–Crippen MR) is 164 cm³/mol. The Kier molecular flexibility index (Phi) is 8.62. The molecule has 0 spiro atoms. The number of hydrogen-bond acceptors (Lipinski definition) is 12. The summed E-state index contributed by atoms with van der Waals surface area (Å²) in [7, 11) is 7.97. The maximum atomic E-state index is 14.2. The molecule has 244 valence electrons. The van der Waals surface area contributed by atoms with Crippen LogP contribution in [-0.4, -0.2) is 97.1 Å². The molecule has 2 aromatic rings. The van der Waals surface area contributed by atoms with Gasteiger partial charge in [0.05, 0.1) is 30.2 Å². The van der Waals surface area contributed by atoms with Crippen molar-refractivity contribution in [2.45, 2.75) is 37.6 Å². The number of phenolic OH excluding ortho intramolecular Hbond substituents is 1. The van der Waals surface area contributed by atoms with Gasteiger partial charge in [-0.25, -0.2) is 4.79 Å². The molecule has 1 amide bonds. The number of esters is 1. The Bertz CT molecular complexity index is 1650. The summed E-state index contributed by atoms with van der Waals surface area (Å²) in [6, 6.07) is 7.40. The number of likely N-dealkylation sites (N-methyl/N-ethyl adjacent to an activating group) is 1. The maximum absolute atomic E-state index is 14.2. The number of methoxy groups -OCH3 is 1. The second-order valence-electron chi connectivity index (χ2n) is 12.7. The molecule has 0 heterocycles. The first-order valence-corrected chi connectivity index (χ1v) is 14.9. The van der Waals surface area contributed by atoms with Crippen molar-refractivity contribution in [1.82, 2.24) is 10.2 Å². The van der Waals surface area contributed by atoms with Gasteiger partial charge in [0, 0.05) is 44.4 Å². The van der Waals surface area contributed by atoms with E-state index in [0.717, 1.165) is 5.56 Å². The number of ketones is 4. The lowest BCUT2D eigenvalue weighted by atomic mass is 9.52. The number of aliphatic hydroxyl groups is 1. The summed E-state index contributed by atoms with van der Waals surface area (Å²) in [5.74, 6) is -11.3. The van der Waals surface area contributed by atoms with Gasteiger partial charge in [-0.05, 0) is 62.2 Å². The Balaban J connectivity index is 1.49. The van der Waals surface area contributed by atoms with Crippen LogP contribution < -0.4 is 16.0 Å². The lowest BCUT2D eigenvalue weighted by molar-refractivity contribution is -0.181. The van der Waals surface area contributed by atoms with Crippen molar-refractivity contribution >= 4 is 40.7 Å². The zero-order chi connectivity index (χ0) is 33.8. The summed E-state index contributed by atoms with van der Waals surface area (Å²) in [5.41, 5.74) is 5.39. The standard InChI is InChI=1S/C33H38N4O9/c1-36(2)21-12-18(14-35-13-15-6-8-16(9-7-15)32(44)46-5)26(38)23-19(21)10-17-11-20-25(37(3)4)28(40)24(31(34)43)30(42)33(20,45)29(41)22(17)27(23)39/h6-9,12,17,20,22,24-25,35,38,45H,10-11,13-14H2,1-5H3,(H2,34,43)/t17?,20?,22?,24?,25-,33-/m0/s1. The molecular weight excluding hydrogens is 596 g/mol. The Hall–Kier alpha value is -4.46. The SMILES string of the molecule is COC(=O)c1ccc(CNCc2cc(N(C)C)c3c(c2O)C(=O)C2C(=O)[C@]4(O)C(=O)C(C(N)=O)C(=O)[C@@H](N(C)C)C4CC2C3)cc1. The molecule has 5 rings (SSSR count). The molecule has 3 aliphatic carbocycles. The van der Waals surface area contributed by atoms with E-state index in [1.54, 1.807) is 63.4 Å². The topological polar surface area (TPSA) is 197 Å². The summed E-state index contributed by atoms with van der Waals surface area (Å²) in [6.45, 7) is 0.515. The number of nitrogens with zero attached hydrogens (tertiary/aromatic N) is 2. The van der Waals surface area contributed by atoms with Crippen LogP contribution >= 0.6 is 0 Å². The van der Waals surface area contributed by atoms with E-state index in [-0.39, 0.29) is 30.7 Å². The number of hydrogen-bond donors (Lipinski definition) is 4. The first-order chi connectivity index (χ1) is 21.6. The number of carbonyl (C=O) groups is 6. The largest absolute Gasteiger partial charge is 0.507 e. The molecule has 0 aliphatic heterocycles. The van der Waals surface area contributed by atoms with Crippen LogP contribution in [0.4, 0.5) is 5.69 Å². The molecule has 13 nitrogen and oxygen atoms in total. The Morgan fingerprint density at radius 3 is 2.26 bits per heavy atom. The second-order valence-corrected chi connectivity index (χ2v) is 12.7. The number of phenols is 1. The highest BCUT2D eigenvalue weighted by Gasteiger charge is 2.69. The third-order valence-electron chi connectivity index (χ3n) is 9.62. The molecular formula is C33H38N4O9. The van der Waals surface area contributed by atoms with Gasteiger partial charge in [0.1, 0.15) is 5.75 Å².